The Morgan fingerprint density at radius 3 is 2.39 bits per heavy atom. The fraction of sp³-hybridized carbons (Fsp3) is 0.333. The molecule has 1 atom stereocenters. The lowest BCUT2D eigenvalue weighted by Gasteiger charge is -2.21. The number of aliphatic carboxylic acids is 1. The Labute approximate surface area is 135 Å². The number of carbonyl (C=O) groups excluding carboxylic acids is 1. The number of benzene rings is 1. The third-order valence-electron chi connectivity index (χ3n) is 3.33. The highest BCUT2D eigenvalue weighted by molar-refractivity contribution is 5.91. The average Bonchev–Trinajstić information content (AvgIpc) is 2.93. The summed E-state index contributed by atoms with van der Waals surface area (Å²) in [6.07, 6.45) is 1.52. The summed E-state index contributed by atoms with van der Waals surface area (Å²) in [5.41, 5.74) is 1.16. The molecule has 0 radical (unpaired) electrons. The molecule has 1 heterocycles. The van der Waals surface area contributed by atoms with Crippen molar-refractivity contribution in [3.05, 3.63) is 59.4 Å². The van der Waals surface area contributed by atoms with Gasteiger partial charge < -0.3 is 14.8 Å². The van der Waals surface area contributed by atoms with Crippen molar-refractivity contribution in [2.45, 2.75) is 38.7 Å². The Kier molecular flexibility index (Phi) is 4.89. The predicted octanol–water partition coefficient (Wildman–Crippen LogP) is 3.58. The van der Waals surface area contributed by atoms with Crippen LogP contribution in [0.4, 0.5) is 0 Å². The van der Waals surface area contributed by atoms with Gasteiger partial charge in [-0.2, -0.15) is 0 Å². The van der Waals surface area contributed by atoms with Gasteiger partial charge in [0.15, 0.2) is 0 Å². The third-order valence-corrected chi connectivity index (χ3v) is 3.33. The van der Waals surface area contributed by atoms with Crippen molar-refractivity contribution in [3.8, 4) is 0 Å². The maximum Gasteiger partial charge on any atom is 0.340 e. The fourth-order valence-electron chi connectivity index (χ4n) is 2.43. The molecule has 0 saturated carbocycles. The molecule has 5 nitrogen and oxygen atoms in total. The van der Waals surface area contributed by atoms with E-state index in [9.17, 15) is 14.7 Å². The zero-order chi connectivity index (χ0) is 17.0. The number of carboxylic acid groups (broad SMARTS) is 1. The third kappa shape index (κ3) is 4.45. The zero-order valence-electron chi connectivity index (χ0n) is 13.5. The second-order valence-electron chi connectivity index (χ2n) is 6.37. The highest BCUT2D eigenvalue weighted by Gasteiger charge is 2.27. The topological polar surface area (TPSA) is 79.4 Å². The maximum absolute atomic E-state index is 12.4. The van der Waals surface area contributed by atoms with Crippen molar-refractivity contribution in [1.82, 2.24) is 4.98 Å². The number of H-pyrrole nitrogens is 1. The van der Waals surface area contributed by atoms with E-state index in [0.29, 0.717) is 11.3 Å². The van der Waals surface area contributed by atoms with E-state index < -0.39 is 23.5 Å². The monoisotopic (exact) mass is 315 g/mol. The number of carbonyl (C=O) groups is 2. The minimum Gasteiger partial charge on any atom is -0.481 e. The SMILES string of the molecule is CC(C)(C)OC(=O)c1cc[nH]c1C(CC(=O)O)c1ccccc1. The van der Waals surface area contributed by atoms with E-state index in [2.05, 4.69) is 4.98 Å². The van der Waals surface area contributed by atoms with Crippen LogP contribution in [0.5, 0.6) is 0 Å². The number of aromatic amines is 1. The van der Waals surface area contributed by atoms with E-state index >= 15 is 0 Å². The quantitative estimate of drug-likeness (QED) is 0.827. The normalized spacial score (nSPS) is 12.7. The summed E-state index contributed by atoms with van der Waals surface area (Å²) < 4.78 is 5.41. The molecule has 0 aliphatic rings. The van der Waals surface area contributed by atoms with Crippen molar-refractivity contribution in [2.75, 3.05) is 0 Å². The van der Waals surface area contributed by atoms with Crippen molar-refractivity contribution >= 4 is 11.9 Å². The Hall–Kier alpha value is -2.56. The second kappa shape index (κ2) is 6.69. The first-order valence-corrected chi connectivity index (χ1v) is 7.45. The lowest BCUT2D eigenvalue weighted by atomic mass is 9.90. The second-order valence-corrected chi connectivity index (χ2v) is 6.37. The van der Waals surface area contributed by atoms with Crippen LogP contribution in [0, 0.1) is 0 Å². The lowest BCUT2D eigenvalue weighted by Crippen LogP contribution is -2.24. The van der Waals surface area contributed by atoms with Gasteiger partial charge >= 0.3 is 11.9 Å². The predicted molar refractivity (Wildman–Crippen MR) is 86.5 cm³/mol. The first-order valence-electron chi connectivity index (χ1n) is 7.45. The van der Waals surface area contributed by atoms with Crippen LogP contribution in [0.15, 0.2) is 42.6 Å². The van der Waals surface area contributed by atoms with Crippen LogP contribution in [0.2, 0.25) is 0 Å². The van der Waals surface area contributed by atoms with Crippen molar-refractivity contribution in [2.24, 2.45) is 0 Å². The smallest absolute Gasteiger partial charge is 0.340 e. The molecule has 1 unspecified atom stereocenters. The first kappa shape index (κ1) is 16.8. The van der Waals surface area contributed by atoms with Gasteiger partial charge in [-0.15, -0.1) is 0 Å². The van der Waals surface area contributed by atoms with E-state index in [4.69, 9.17) is 4.74 Å². The number of aromatic nitrogens is 1. The summed E-state index contributed by atoms with van der Waals surface area (Å²) in [7, 11) is 0. The number of hydrogen-bond acceptors (Lipinski definition) is 3. The number of rotatable bonds is 5. The summed E-state index contributed by atoms with van der Waals surface area (Å²) in [5, 5.41) is 9.23. The van der Waals surface area contributed by atoms with Crippen LogP contribution in [0.3, 0.4) is 0 Å². The molecule has 0 spiro atoms. The molecule has 122 valence electrons. The minimum atomic E-state index is -0.927. The van der Waals surface area contributed by atoms with E-state index in [1.54, 1.807) is 33.0 Å². The standard InChI is InChI=1S/C18H21NO4/c1-18(2,3)23-17(22)13-9-10-19-16(13)14(11-15(20)21)12-7-5-4-6-8-12/h4-10,14,19H,11H2,1-3H3,(H,20,21). The molecule has 0 saturated heterocycles. The van der Waals surface area contributed by atoms with E-state index in [0.717, 1.165) is 5.56 Å². The molecule has 0 fully saturated rings. The van der Waals surface area contributed by atoms with Crippen LogP contribution in [-0.2, 0) is 9.53 Å². The summed E-state index contributed by atoms with van der Waals surface area (Å²) in [6, 6.07) is 10.9. The van der Waals surface area contributed by atoms with Gasteiger partial charge in [0, 0.05) is 17.8 Å². The summed E-state index contributed by atoms with van der Waals surface area (Å²) in [4.78, 5) is 26.6. The molecule has 1 aromatic heterocycles. The molecular formula is C18H21NO4. The van der Waals surface area contributed by atoms with Gasteiger partial charge in [-0.1, -0.05) is 30.3 Å². The first-order chi connectivity index (χ1) is 10.8. The number of nitrogens with one attached hydrogen (secondary N) is 1. The number of hydrogen-bond donors (Lipinski definition) is 2. The minimum absolute atomic E-state index is 0.111. The van der Waals surface area contributed by atoms with Crippen molar-refractivity contribution in [3.63, 3.8) is 0 Å². The van der Waals surface area contributed by atoms with Crippen LogP contribution in [0.25, 0.3) is 0 Å². The molecule has 2 aromatic rings. The van der Waals surface area contributed by atoms with Crippen molar-refractivity contribution < 1.29 is 19.4 Å². The Morgan fingerprint density at radius 2 is 1.83 bits per heavy atom. The Morgan fingerprint density at radius 1 is 1.17 bits per heavy atom. The van der Waals surface area contributed by atoms with E-state index in [1.165, 1.54) is 0 Å². The van der Waals surface area contributed by atoms with E-state index in [-0.39, 0.29) is 6.42 Å². The molecule has 1 aromatic carbocycles. The molecule has 2 N–H and O–H groups in total. The molecule has 0 aliphatic heterocycles. The van der Waals surface area contributed by atoms with Gasteiger partial charge in [0.25, 0.3) is 0 Å². The summed E-state index contributed by atoms with van der Waals surface area (Å²) in [6.45, 7) is 5.38. The number of esters is 1. The van der Waals surface area contributed by atoms with E-state index in [1.807, 2.05) is 30.3 Å². The van der Waals surface area contributed by atoms with Crippen molar-refractivity contribution in [1.29, 1.82) is 0 Å². The van der Waals surface area contributed by atoms with Gasteiger partial charge in [-0.05, 0) is 32.4 Å². The van der Waals surface area contributed by atoms with Gasteiger partial charge in [0.2, 0.25) is 0 Å². The number of carboxylic acids is 1. The molecule has 2 rings (SSSR count). The van der Waals surface area contributed by atoms with Gasteiger partial charge in [-0.25, -0.2) is 4.79 Å². The average molecular weight is 315 g/mol. The fourth-order valence-corrected chi connectivity index (χ4v) is 2.43. The lowest BCUT2D eigenvalue weighted by molar-refractivity contribution is -0.137. The Balaban J connectivity index is 2.39. The molecule has 5 heteroatoms. The highest BCUT2D eigenvalue weighted by Crippen LogP contribution is 2.30. The summed E-state index contributed by atoms with van der Waals surface area (Å²) in [5.74, 6) is -1.82. The molecule has 23 heavy (non-hydrogen) atoms. The highest BCUT2D eigenvalue weighted by atomic mass is 16.6. The van der Waals surface area contributed by atoms with Crippen LogP contribution < -0.4 is 0 Å². The molecular weight excluding hydrogens is 294 g/mol. The molecule has 0 bridgehead atoms. The van der Waals surface area contributed by atoms with Gasteiger partial charge in [-0.3, -0.25) is 4.79 Å². The van der Waals surface area contributed by atoms with Crippen LogP contribution in [-0.4, -0.2) is 27.6 Å². The maximum atomic E-state index is 12.4. The molecule has 0 aliphatic carbocycles. The van der Waals surface area contributed by atoms with Crippen LogP contribution >= 0.6 is 0 Å². The van der Waals surface area contributed by atoms with Gasteiger partial charge in [0.05, 0.1) is 12.0 Å². The molecule has 0 amide bonds. The Bertz CT molecular complexity index is 683. The zero-order valence-corrected chi connectivity index (χ0v) is 13.5. The number of ether oxygens (including phenoxy) is 1. The largest absolute Gasteiger partial charge is 0.481 e. The van der Waals surface area contributed by atoms with Crippen LogP contribution in [0.1, 0.15) is 54.7 Å². The summed E-state index contributed by atoms with van der Waals surface area (Å²) >= 11 is 0. The van der Waals surface area contributed by atoms with Gasteiger partial charge in [0.1, 0.15) is 5.60 Å².